The van der Waals surface area contributed by atoms with Gasteiger partial charge in [-0.3, -0.25) is 0 Å². The van der Waals surface area contributed by atoms with Crippen LogP contribution in [0.25, 0.3) is 22.2 Å². The molecule has 5 heteroatoms. The number of para-hydroxylation sites is 1. The van der Waals surface area contributed by atoms with E-state index in [4.69, 9.17) is 5.73 Å². The van der Waals surface area contributed by atoms with Crippen molar-refractivity contribution in [1.29, 1.82) is 5.26 Å². The minimum Gasteiger partial charge on any atom is -0.358 e. The van der Waals surface area contributed by atoms with E-state index < -0.39 is 0 Å². The van der Waals surface area contributed by atoms with Gasteiger partial charge in [0.2, 0.25) is 0 Å². The second kappa shape index (κ2) is 4.50. The predicted octanol–water partition coefficient (Wildman–Crippen LogP) is 2.93. The molecule has 1 aromatic carbocycles. The fraction of sp³-hybridized carbons (Fsp3) is 0.143. The van der Waals surface area contributed by atoms with E-state index >= 15 is 0 Å². The van der Waals surface area contributed by atoms with E-state index in [0.717, 1.165) is 32.9 Å². The third-order valence-electron chi connectivity index (χ3n) is 3.08. The molecule has 0 atom stereocenters. The monoisotopic (exact) mass is 268 g/mol. The Kier molecular flexibility index (Phi) is 2.82. The van der Waals surface area contributed by atoms with Crippen LogP contribution in [0.3, 0.4) is 0 Å². The fourth-order valence-electron chi connectivity index (χ4n) is 2.28. The predicted molar refractivity (Wildman–Crippen MR) is 76.8 cm³/mol. The van der Waals surface area contributed by atoms with Gasteiger partial charge in [0.25, 0.3) is 0 Å². The van der Waals surface area contributed by atoms with Crippen molar-refractivity contribution in [3.05, 3.63) is 39.8 Å². The lowest BCUT2D eigenvalue weighted by molar-refractivity contribution is 1.04. The summed E-state index contributed by atoms with van der Waals surface area (Å²) in [6.45, 7) is 2.36. The Bertz CT molecular complexity index is 791. The quantitative estimate of drug-likeness (QED) is 0.750. The molecule has 3 rings (SSSR count). The number of thiazole rings is 1. The van der Waals surface area contributed by atoms with Gasteiger partial charge in [-0.15, -0.1) is 11.3 Å². The number of nitriles is 1. The van der Waals surface area contributed by atoms with E-state index in [1.807, 2.05) is 31.2 Å². The van der Waals surface area contributed by atoms with Crippen molar-refractivity contribution in [3.8, 4) is 17.3 Å². The Balaban J connectivity index is 2.33. The normalized spacial score (nSPS) is 10.8. The summed E-state index contributed by atoms with van der Waals surface area (Å²) >= 11 is 1.36. The first-order chi connectivity index (χ1) is 9.24. The number of rotatable bonds is 2. The molecule has 0 saturated heterocycles. The summed E-state index contributed by atoms with van der Waals surface area (Å²) < 4.78 is 0. The highest BCUT2D eigenvalue weighted by Crippen LogP contribution is 2.35. The second-order valence-electron chi connectivity index (χ2n) is 4.27. The number of fused-ring (bicyclic) bond motifs is 1. The standard InChI is InChI=1S/C14H12N4S/c1-8-13(9-4-2-3-5-10(9)17-8)14-11(6-15)19-12(7-16)18-14/h2-5,17H,7,16H2,1H3. The Morgan fingerprint density at radius 3 is 2.95 bits per heavy atom. The van der Waals surface area contributed by atoms with Crippen LogP contribution in [0, 0.1) is 18.3 Å². The van der Waals surface area contributed by atoms with Crippen LogP contribution in [-0.4, -0.2) is 9.97 Å². The van der Waals surface area contributed by atoms with Crippen LogP contribution in [0.4, 0.5) is 0 Å². The molecule has 3 aromatic rings. The molecular formula is C14H12N4S. The van der Waals surface area contributed by atoms with E-state index in [1.54, 1.807) is 0 Å². The molecule has 2 aromatic heterocycles. The van der Waals surface area contributed by atoms with E-state index in [-0.39, 0.29) is 0 Å². The van der Waals surface area contributed by atoms with Gasteiger partial charge in [0, 0.05) is 28.7 Å². The molecule has 0 fully saturated rings. The molecule has 0 bridgehead atoms. The van der Waals surface area contributed by atoms with Crippen LogP contribution in [0.5, 0.6) is 0 Å². The average Bonchev–Trinajstić information content (AvgIpc) is 2.97. The molecule has 0 radical (unpaired) electrons. The number of aryl methyl sites for hydroxylation is 1. The number of nitrogens with zero attached hydrogens (tertiary/aromatic N) is 2. The minimum atomic E-state index is 0.362. The maximum absolute atomic E-state index is 9.26. The third-order valence-corrected chi connectivity index (χ3v) is 4.06. The number of H-pyrrole nitrogens is 1. The number of hydrogen-bond donors (Lipinski definition) is 2. The van der Waals surface area contributed by atoms with Crippen LogP contribution in [-0.2, 0) is 6.54 Å². The Morgan fingerprint density at radius 1 is 1.42 bits per heavy atom. The number of hydrogen-bond acceptors (Lipinski definition) is 4. The van der Waals surface area contributed by atoms with Crippen molar-refractivity contribution >= 4 is 22.2 Å². The molecule has 0 spiro atoms. The van der Waals surface area contributed by atoms with Gasteiger partial charge >= 0.3 is 0 Å². The highest BCUT2D eigenvalue weighted by atomic mass is 32.1. The summed E-state index contributed by atoms with van der Waals surface area (Å²) in [5.41, 5.74) is 9.44. The zero-order valence-electron chi connectivity index (χ0n) is 10.4. The highest BCUT2D eigenvalue weighted by Gasteiger charge is 2.18. The molecule has 94 valence electrons. The number of nitrogens with two attached hydrogens (primary N) is 1. The molecule has 0 amide bonds. The molecule has 0 aliphatic rings. The van der Waals surface area contributed by atoms with Crippen LogP contribution < -0.4 is 5.73 Å². The van der Waals surface area contributed by atoms with Crippen LogP contribution >= 0.6 is 11.3 Å². The molecular weight excluding hydrogens is 256 g/mol. The van der Waals surface area contributed by atoms with Gasteiger partial charge in [-0.25, -0.2) is 4.98 Å². The topological polar surface area (TPSA) is 78.5 Å². The van der Waals surface area contributed by atoms with Gasteiger partial charge in [0.15, 0.2) is 0 Å². The SMILES string of the molecule is Cc1[nH]c2ccccc2c1-c1nc(CN)sc1C#N. The van der Waals surface area contributed by atoms with Gasteiger partial charge < -0.3 is 10.7 Å². The smallest absolute Gasteiger partial charge is 0.133 e. The molecule has 0 unspecified atom stereocenters. The first kappa shape index (κ1) is 11.9. The summed E-state index contributed by atoms with van der Waals surface area (Å²) in [5.74, 6) is 0. The summed E-state index contributed by atoms with van der Waals surface area (Å²) in [7, 11) is 0. The van der Waals surface area contributed by atoms with Crippen molar-refractivity contribution in [1.82, 2.24) is 9.97 Å². The first-order valence-electron chi connectivity index (χ1n) is 5.92. The lowest BCUT2D eigenvalue weighted by Crippen LogP contribution is -1.94. The lowest BCUT2D eigenvalue weighted by Gasteiger charge is -1.97. The van der Waals surface area contributed by atoms with Crippen molar-refractivity contribution in [2.75, 3.05) is 0 Å². The molecule has 19 heavy (non-hydrogen) atoms. The Hall–Kier alpha value is -2.16. The minimum absolute atomic E-state index is 0.362. The molecule has 4 nitrogen and oxygen atoms in total. The van der Waals surface area contributed by atoms with E-state index in [1.165, 1.54) is 11.3 Å². The molecule has 3 N–H and O–H groups in total. The second-order valence-corrected chi connectivity index (χ2v) is 5.36. The Morgan fingerprint density at radius 2 is 2.21 bits per heavy atom. The van der Waals surface area contributed by atoms with E-state index in [0.29, 0.717) is 11.4 Å². The zero-order valence-corrected chi connectivity index (χ0v) is 11.2. The summed E-state index contributed by atoms with van der Waals surface area (Å²) in [5, 5.41) is 11.1. The van der Waals surface area contributed by atoms with Gasteiger partial charge in [0.05, 0.1) is 0 Å². The number of aromatic nitrogens is 2. The largest absolute Gasteiger partial charge is 0.358 e. The summed E-state index contributed by atoms with van der Waals surface area (Å²) in [6, 6.07) is 10.3. The summed E-state index contributed by atoms with van der Waals surface area (Å²) in [4.78, 5) is 8.45. The van der Waals surface area contributed by atoms with Gasteiger partial charge in [-0.05, 0) is 13.0 Å². The number of nitrogens with one attached hydrogen (secondary N) is 1. The Labute approximate surface area is 114 Å². The van der Waals surface area contributed by atoms with Crippen molar-refractivity contribution in [3.63, 3.8) is 0 Å². The van der Waals surface area contributed by atoms with Gasteiger partial charge in [-0.2, -0.15) is 5.26 Å². The molecule has 0 aliphatic heterocycles. The van der Waals surface area contributed by atoms with Crippen molar-refractivity contribution in [2.24, 2.45) is 5.73 Å². The zero-order chi connectivity index (χ0) is 13.4. The van der Waals surface area contributed by atoms with Crippen LogP contribution in [0.2, 0.25) is 0 Å². The molecule has 0 aliphatic carbocycles. The number of benzene rings is 1. The van der Waals surface area contributed by atoms with Crippen molar-refractivity contribution < 1.29 is 0 Å². The maximum Gasteiger partial charge on any atom is 0.133 e. The maximum atomic E-state index is 9.26. The third kappa shape index (κ3) is 1.82. The number of aromatic amines is 1. The van der Waals surface area contributed by atoms with Gasteiger partial charge in [-0.1, -0.05) is 18.2 Å². The van der Waals surface area contributed by atoms with Crippen molar-refractivity contribution in [2.45, 2.75) is 13.5 Å². The highest BCUT2D eigenvalue weighted by molar-refractivity contribution is 7.12. The first-order valence-corrected chi connectivity index (χ1v) is 6.73. The van der Waals surface area contributed by atoms with Crippen LogP contribution in [0.15, 0.2) is 24.3 Å². The fourth-order valence-corrected chi connectivity index (χ4v) is 3.02. The van der Waals surface area contributed by atoms with Gasteiger partial charge in [0.1, 0.15) is 21.6 Å². The lowest BCUT2D eigenvalue weighted by atomic mass is 10.1. The average molecular weight is 268 g/mol. The van der Waals surface area contributed by atoms with Crippen LogP contribution in [0.1, 0.15) is 15.6 Å². The molecule has 2 heterocycles. The summed E-state index contributed by atoms with van der Waals surface area (Å²) in [6.07, 6.45) is 0. The van der Waals surface area contributed by atoms with E-state index in [9.17, 15) is 5.26 Å². The molecule has 0 saturated carbocycles. The van der Waals surface area contributed by atoms with E-state index in [2.05, 4.69) is 16.0 Å².